The molecule has 0 spiro atoms. The number of ether oxygens (including phenoxy) is 1. The van der Waals surface area contributed by atoms with E-state index in [9.17, 15) is 9.59 Å². The normalized spacial score (nSPS) is 8.50. The summed E-state index contributed by atoms with van der Waals surface area (Å²) in [5.41, 5.74) is 3.79. The molecule has 56 valence electrons. The largest absolute Gasteiger partial charge is 0.461 e. The van der Waals surface area contributed by atoms with E-state index >= 15 is 0 Å². The van der Waals surface area contributed by atoms with Crippen molar-refractivity contribution in [3.05, 3.63) is 0 Å². The molecular formula is C5H8N2O3. The van der Waals surface area contributed by atoms with Crippen LogP contribution in [0.2, 0.25) is 0 Å². The van der Waals surface area contributed by atoms with Gasteiger partial charge in [-0.25, -0.2) is 4.79 Å². The third-order valence-electron chi connectivity index (χ3n) is 0.726. The van der Waals surface area contributed by atoms with Gasteiger partial charge in [0.2, 0.25) is 5.71 Å². The molecule has 5 heteroatoms. The summed E-state index contributed by atoms with van der Waals surface area (Å²) >= 11 is 0. The van der Waals surface area contributed by atoms with Crippen LogP contribution in [0.15, 0.2) is 0 Å². The van der Waals surface area contributed by atoms with E-state index in [1.54, 1.807) is 6.92 Å². The van der Waals surface area contributed by atoms with Gasteiger partial charge in [0.25, 0.3) is 5.91 Å². The van der Waals surface area contributed by atoms with Gasteiger partial charge in [0.1, 0.15) is 0 Å². The summed E-state index contributed by atoms with van der Waals surface area (Å²) < 4.78 is 4.30. The summed E-state index contributed by atoms with van der Waals surface area (Å²) in [5, 5.41) is 6.70. The van der Waals surface area contributed by atoms with Crippen LogP contribution in [0.3, 0.4) is 0 Å². The minimum atomic E-state index is -1.07. The van der Waals surface area contributed by atoms with E-state index in [0.717, 1.165) is 0 Å². The van der Waals surface area contributed by atoms with Gasteiger partial charge < -0.3 is 10.5 Å². The molecule has 0 aliphatic heterocycles. The molecule has 0 saturated heterocycles. The zero-order chi connectivity index (χ0) is 8.15. The Kier molecular flexibility index (Phi) is 3.10. The van der Waals surface area contributed by atoms with Crippen molar-refractivity contribution in [3.63, 3.8) is 0 Å². The summed E-state index contributed by atoms with van der Waals surface area (Å²) in [6, 6.07) is 0. The molecule has 3 N–H and O–H groups in total. The van der Waals surface area contributed by atoms with Gasteiger partial charge in [-0.05, 0) is 6.92 Å². The van der Waals surface area contributed by atoms with Crippen molar-refractivity contribution in [2.24, 2.45) is 5.73 Å². The second-order valence-electron chi connectivity index (χ2n) is 1.46. The molecule has 0 aromatic rings. The monoisotopic (exact) mass is 144 g/mol. The maximum atomic E-state index is 10.4. The fraction of sp³-hybridized carbons (Fsp3) is 0.400. The van der Waals surface area contributed by atoms with E-state index in [-0.39, 0.29) is 6.61 Å². The van der Waals surface area contributed by atoms with E-state index in [1.165, 1.54) is 0 Å². The maximum Gasteiger partial charge on any atom is 0.362 e. The smallest absolute Gasteiger partial charge is 0.362 e. The molecule has 0 saturated carbocycles. The lowest BCUT2D eigenvalue weighted by Crippen LogP contribution is -2.31. The molecule has 10 heavy (non-hydrogen) atoms. The summed E-state index contributed by atoms with van der Waals surface area (Å²) in [5.74, 6) is -2.05. The van der Waals surface area contributed by atoms with Gasteiger partial charge in [0, 0.05) is 0 Å². The number of nitrogens with two attached hydrogens (primary N) is 1. The highest BCUT2D eigenvalue weighted by Crippen LogP contribution is 1.79. The van der Waals surface area contributed by atoms with E-state index in [2.05, 4.69) is 10.5 Å². The number of carbonyl (C=O) groups is 2. The topological polar surface area (TPSA) is 93.2 Å². The molecule has 0 aromatic heterocycles. The third kappa shape index (κ3) is 2.25. The summed E-state index contributed by atoms with van der Waals surface area (Å²) in [6.45, 7) is 1.71. The summed E-state index contributed by atoms with van der Waals surface area (Å²) in [4.78, 5) is 20.5. The van der Waals surface area contributed by atoms with Gasteiger partial charge in [0.05, 0.1) is 6.61 Å². The molecule has 0 aromatic carbocycles. The average molecular weight is 144 g/mol. The van der Waals surface area contributed by atoms with Crippen LogP contribution >= 0.6 is 0 Å². The minimum absolute atomic E-state index is 0.133. The Hall–Kier alpha value is -1.39. The van der Waals surface area contributed by atoms with Crippen molar-refractivity contribution in [1.29, 1.82) is 5.41 Å². The van der Waals surface area contributed by atoms with Crippen molar-refractivity contribution in [2.45, 2.75) is 6.92 Å². The summed E-state index contributed by atoms with van der Waals surface area (Å²) in [7, 11) is 0. The molecule has 0 rings (SSSR count). The van der Waals surface area contributed by atoms with Crippen LogP contribution < -0.4 is 5.73 Å². The molecular weight excluding hydrogens is 136 g/mol. The van der Waals surface area contributed by atoms with Crippen molar-refractivity contribution >= 4 is 17.6 Å². The lowest BCUT2D eigenvalue weighted by atomic mass is 10.4. The van der Waals surface area contributed by atoms with E-state index in [4.69, 9.17) is 5.41 Å². The van der Waals surface area contributed by atoms with Crippen molar-refractivity contribution in [1.82, 2.24) is 0 Å². The number of primary amides is 1. The van der Waals surface area contributed by atoms with E-state index < -0.39 is 17.6 Å². The predicted octanol–water partition coefficient (Wildman–Crippen LogP) is -0.945. The molecule has 0 atom stereocenters. The highest BCUT2D eigenvalue weighted by molar-refractivity contribution is 6.62. The van der Waals surface area contributed by atoms with Crippen LogP contribution in [-0.2, 0) is 14.3 Å². The van der Waals surface area contributed by atoms with Crippen molar-refractivity contribution in [2.75, 3.05) is 6.61 Å². The number of esters is 1. The number of nitrogens with one attached hydrogen (secondary N) is 1. The van der Waals surface area contributed by atoms with Gasteiger partial charge in [-0.1, -0.05) is 0 Å². The highest BCUT2D eigenvalue weighted by atomic mass is 16.5. The van der Waals surface area contributed by atoms with Crippen LogP contribution in [0.5, 0.6) is 0 Å². The molecule has 0 fully saturated rings. The standard InChI is InChI=1S/C5H8N2O3/c1-2-10-5(9)3(6)4(7)8/h6H,2H2,1H3,(H2,7,8). The zero-order valence-electron chi connectivity index (χ0n) is 5.51. The van der Waals surface area contributed by atoms with Crippen molar-refractivity contribution < 1.29 is 14.3 Å². The van der Waals surface area contributed by atoms with Crippen LogP contribution in [-0.4, -0.2) is 24.2 Å². The first-order valence-electron chi connectivity index (χ1n) is 2.65. The maximum absolute atomic E-state index is 10.4. The Morgan fingerprint density at radius 2 is 2.10 bits per heavy atom. The Balaban J connectivity index is 3.96. The SMILES string of the molecule is CCOC(=O)C(=N)C(N)=O. The highest BCUT2D eigenvalue weighted by Gasteiger charge is 2.15. The lowest BCUT2D eigenvalue weighted by Gasteiger charge is -1.97. The first kappa shape index (κ1) is 8.61. The first-order valence-corrected chi connectivity index (χ1v) is 2.65. The lowest BCUT2D eigenvalue weighted by molar-refractivity contribution is -0.135. The van der Waals surface area contributed by atoms with E-state index in [1.807, 2.05) is 0 Å². The van der Waals surface area contributed by atoms with Gasteiger partial charge in [0.15, 0.2) is 0 Å². The Bertz CT molecular complexity index is 176. The molecule has 0 aliphatic rings. The van der Waals surface area contributed by atoms with Crippen LogP contribution in [0.1, 0.15) is 6.92 Å². The number of hydrogen-bond donors (Lipinski definition) is 2. The number of hydrogen-bond acceptors (Lipinski definition) is 4. The Labute approximate surface area is 57.7 Å². The molecule has 0 aliphatic carbocycles. The fourth-order valence-electron chi connectivity index (χ4n) is 0.304. The van der Waals surface area contributed by atoms with Gasteiger partial charge in [-0.2, -0.15) is 0 Å². The second-order valence-corrected chi connectivity index (χ2v) is 1.46. The Morgan fingerprint density at radius 1 is 1.60 bits per heavy atom. The summed E-state index contributed by atoms with van der Waals surface area (Å²) in [6.07, 6.45) is 0. The number of amides is 1. The minimum Gasteiger partial charge on any atom is -0.461 e. The fourth-order valence-corrected chi connectivity index (χ4v) is 0.304. The van der Waals surface area contributed by atoms with Gasteiger partial charge >= 0.3 is 5.97 Å². The van der Waals surface area contributed by atoms with Crippen LogP contribution in [0, 0.1) is 5.41 Å². The van der Waals surface area contributed by atoms with Gasteiger partial charge in [-0.15, -0.1) is 0 Å². The van der Waals surface area contributed by atoms with Gasteiger partial charge in [-0.3, -0.25) is 10.2 Å². The zero-order valence-corrected chi connectivity index (χ0v) is 5.51. The third-order valence-corrected chi connectivity index (χ3v) is 0.726. The molecule has 0 bridgehead atoms. The number of rotatable bonds is 3. The number of carbonyl (C=O) groups excluding carboxylic acids is 2. The molecule has 0 radical (unpaired) electrons. The average Bonchev–Trinajstić information content (AvgIpc) is 1.87. The molecule has 0 unspecified atom stereocenters. The molecule has 1 amide bonds. The first-order chi connectivity index (χ1) is 4.59. The van der Waals surface area contributed by atoms with Crippen LogP contribution in [0.25, 0.3) is 0 Å². The van der Waals surface area contributed by atoms with Crippen LogP contribution in [0.4, 0.5) is 0 Å². The Morgan fingerprint density at radius 3 is 2.40 bits per heavy atom. The van der Waals surface area contributed by atoms with Crippen molar-refractivity contribution in [3.8, 4) is 0 Å². The second kappa shape index (κ2) is 3.60. The predicted molar refractivity (Wildman–Crippen MR) is 33.6 cm³/mol. The molecule has 5 nitrogen and oxygen atoms in total. The van der Waals surface area contributed by atoms with E-state index in [0.29, 0.717) is 0 Å². The quantitative estimate of drug-likeness (QED) is 0.304. The molecule has 0 heterocycles.